The van der Waals surface area contributed by atoms with E-state index in [2.05, 4.69) is 6.92 Å². The average molecular weight is 270 g/mol. The number of hydrogen-bond acceptors (Lipinski definition) is 3. The first-order valence-corrected chi connectivity index (χ1v) is 6.93. The van der Waals surface area contributed by atoms with Crippen LogP contribution < -0.4 is 0 Å². The molecule has 19 heavy (non-hydrogen) atoms. The summed E-state index contributed by atoms with van der Waals surface area (Å²) in [5.74, 6) is -1.29. The number of hydrogen-bond donors (Lipinski definition) is 1. The number of rotatable bonds is 9. The summed E-state index contributed by atoms with van der Waals surface area (Å²) in [6, 6.07) is 0. The minimum absolute atomic E-state index is 0.264. The lowest BCUT2D eigenvalue weighted by Gasteiger charge is -2.26. The van der Waals surface area contributed by atoms with Crippen LogP contribution in [0.2, 0.25) is 0 Å². The molecule has 0 saturated heterocycles. The van der Waals surface area contributed by atoms with Gasteiger partial charge in [-0.3, -0.25) is 4.79 Å². The van der Waals surface area contributed by atoms with Crippen LogP contribution in [0.25, 0.3) is 0 Å². The molecule has 0 aromatic rings. The number of carbonyl (C=O) groups excluding carboxylic acids is 1. The Balaban J connectivity index is 4.13. The Morgan fingerprint density at radius 1 is 1.16 bits per heavy atom. The molecule has 0 rings (SSSR count). The van der Waals surface area contributed by atoms with Gasteiger partial charge in [0.15, 0.2) is 0 Å². The van der Waals surface area contributed by atoms with Gasteiger partial charge >= 0.3 is 11.9 Å². The smallest absolute Gasteiger partial charge is 0.328 e. The number of carbonyl (C=O) groups is 2. The lowest BCUT2D eigenvalue weighted by Crippen LogP contribution is -2.29. The van der Waals surface area contributed by atoms with Gasteiger partial charge in [0.2, 0.25) is 0 Å². The van der Waals surface area contributed by atoms with E-state index < -0.39 is 11.6 Å². The fourth-order valence-corrected chi connectivity index (χ4v) is 1.65. The fraction of sp³-hybridized carbons (Fsp3) is 0.733. The lowest BCUT2D eigenvalue weighted by atomic mass is 9.99. The molecule has 1 N–H and O–H groups in total. The zero-order valence-corrected chi connectivity index (χ0v) is 12.5. The van der Waals surface area contributed by atoms with Crippen molar-refractivity contribution in [3.8, 4) is 0 Å². The van der Waals surface area contributed by atoms with Crippen molar-refractivity contribution in [1.29, 1.82) is 0 Å². The van der Waals surface area contributed by atoms with Crippen LogP contribution in [0.1, 0.15) is 66.2 Å². The predicted molar refractivity (Wildman–Crippen MR) is 74.9 cm³/mol. The summed E-state index contributed by atoms with van der Waals surface area (Å²) in [5, 5.41) is 8.69. The molecule has 0 atom stereocenters. The second-order valence-electron chi connectivity index (χ2n) is 5.31. The molecular formula is C15H26O4. The highest BCUT2D eigenvalue weighted by molar-refractivity contribution is 5.81. The molecule has 0 aromatic heterocycles. The van der Waals surface area contributed by atoms with Gasteiger partial charge in [0.25, 0.3) is 0 Å². The Hall–Kier alpha value is -1.32. The van der Waals surface area contributed by atoms with Gasteiger partial charge in [-0.15, -0.1) is 0 Å². The Bertz CT molecular complexity index is 329. The van der Waals surface area contributed by atoms with Crippen molar-refractivity contribution < 1.29 is 19.4 Å². The molecule has 0 saturated carbocycles. The normalized spacial score (nSPS) is 12.3. The van der Waals surface area contributed by atoms with E-state index in [1.165, 1.54) is 12.8 Å². The molecule has 110 valence electrons. The molecule has 0 spiro atoms. The van der Waals surface area contributed by atoms with Crippen molar-refractivity contribution in [3.05, 3.63) is 11.6 Å². The number of unbranched alkanes of at least 4 members (excludes halogenated alkanes) is 4. The maximum absolute atomic E-state index is 11.7. The predicted octanol–water partition coefficient (Wildman–Crippen LogP) is 3.70. The van der Waals surface area contributed by atoms with Crippen molar-refractivity contribution in [2.45, 2.75) is 71.8 Å². The van der Waals surface area contributed by atoms with Crippen LogP contribution in [-0.2, 0) is 14.3 Å². The van der Waals surface area contributed by atoms with Gasteiger partial charge in [-0.25, -0.2) is 4.79 Å². The van der Waals surface area contributed by atoms with E-state index in [-0.39, 0.29) is 5.97 Å². The van der Waals surface area contributed by atoms with E-state index in [4.69, 9.17) is 9.84 Å². The molecule has 0 aliphatic heterocycles. The topological polar surface area (TPSA) is 63.6 Å². The average Bonchev–Trinajstić information content (AvgIpc) is 2.27. The van der Waals surface area contributed by atoms with Gasteiger partial charge in [0.05, 0.1) is 0 Å². The van der Waals surface area contributed by atoms with Gasteiger partial charge in [0.1, 0.15) is 5.60 Å². The standard InChI is InChI=1S/C15H26O4/c1-5-6-7-8-9-10-14(18)19-15(3,4)12(2)11-13(16)17/h11H,5-10H2,1-4H3,(H,16,17). The van der Waals surface area contributed by atoms with Crippen molar-refractivity contribution >= 4 is 11.9 Å². The molecule has 0 aromatic carbocycles. The van der Waals surface area contributed by atoms with Crippen LogP contribution in [0.3, 0.4) is 0 Å². The van der Waals surface area contributed by atoms with Crippen molar-refractivity contribution in [2.75, 3.05) is 0 Å². The van der Waals surface area contributed by atoms with Crippen LogP contribution in [0.4, 0.5) is 0 Å². The molecule has 0 unspecified atom stereocenters. The SMILES string of the molecule is CCCCCCCC(=O)OC(C)(C)C(C)=CC(=O)O. The maximum Gasteiger partial charge on any atom is 0.328 e. The Labute approximate surface area is 115 Å². The molecule has 4 heteroatoms. The second kappa shape index (κ2) is 8.73. The zero-order chi connectivity index (χ0) is 14.9. The van der Waals surface area contributed by atoms with Gasteiger partial charge in [-0.05, 0) is 32.8 Å². The first-order valence-electron chi connectivity index (χ1n) is 6.93. The first kappa shape index (κ1) is 17.7. The number of carboxylic acid groups (broad SMARTS) is 1. The maximum atomic E-state index is 11.7. The lowest BCUT2D eigenvalue weighted by molar-refractivity contribution is -0.153. The Morgan fingerprint density at radius 2 is 1.74 bits per heavy atom. The molecule has 0 radical (unpaired) electrons. The number of aliphatic carboxylic acids is 1. The molecule has 0 amide bonds. The van der Waals surface area contributed by atoms with Crippen molar-refractivity contribution in [2.24, 2.45) is 0 Å². The van der Waals surface area contributed by atoms with Gasteiger partial charge < -0.3 is 9.84 Å². The van der Waals surface area contributed by atoms with Crippen LogP contribution in [-0.4, -0.2) is 22.6 Å². The number of ether oxygens (including phenoxy) is 1. The molecule has 0 bridgehead atoms. The highest BCUT2D eigenvalue weighted by Crippen LogP contribution is 2.21. The van der Waals surface area contributed by atoms with E-state index in [0.29, 0.717) is 12.0 Å². The quantitative estimate of drug-likeness (QED) is 0.394. The minimum Gasteiger partial charge on any atom is -0.478 e. The number of esters is 1. The highest BCUT2D eigenvalue weighted by Gasteiger charge is 2.25. The third kappa shape index (κ3) is 8.41. The third-order valence-electron chi connectivity index (χ3n) is 3.14. The van der Waals surface area contributed by atoms with Gasteiger partial charge in [-0.1, -0.05) is 32.6 Å². The molecular weight excluding hydrogens is 244 g/mol. The number of carboxylic acids is 1. The molecule has 4 nitrogen and oxygen atoms in total. The summed E-state index contributed by atoms with van der Waals surface area (Å²) in [7, 11) is 0. The highest BCUT2D eigenvalue weighted by atomic mass is 16.6. The van der Waals surface area contributed by atoms with Crippen LogP contribution in [0.15, 0.2) is 11.6 Å². The molecule has 0 fully saturated rings. The van der Waals surface area contributed by atoms with Crippen molar-refractivity contribution in [1.82, 2.24) is 0 Å². The van der Waals surface area contributed by atoms with Gasteiger partial charge in [-0.2, -0.15) is 0 Å². The van der Waals surface area contributed by atoms with Crippen molar-refractivity contribution in [3.63, 3.8) is 0 Å². The van der Waals surface area contributed by atoms with Crippen LogP contribution in [0, 0.1) is 0 Å². The first-order chi connectivity index (χ1) is 8.79. The van der Waals surface area contributed by atoms with E-state index in [1.54, 1.807) is 20.8 Å². The summed E-state index contributed by atoms with van der Waals surface area (Å²) in [6.07, 6.45) is 6.86. The van der Waals surface area contributed by atoms with Crippen LogP contribution >= 0.6 is 0 Å². The van der Waals surface area contributed by atoms with Gasteiger partial charge in [0, 0.05) is 12.5 Å². The van der Waals surface area contributed by atoms with E-state index in [9.17, 15) is 9.59 Å². The summed E-state index contributed by atoms with van der Waals surface area (Å²) >= 11 is 0. The monoisotopic (exact) mass is 270 g/mol. The summed E-state index contributed by atoms with van der Waals surface area (Å²) in [5.41, 5.74) is -0.335. The minimum atomic E-state index is -1.03. The van der Waals surface area contributed by atoms with E-state index in [0.717, 1.165) is 25.3 Å². The van der Waals surface area contributed by atoms with Crippen LogP contribution in [0.5, 0.6) is 0 Å². The molecule has 0 heterocycles. The van der Waals surface area contributed by atoms with E-state index >= 15 is 0 Å². The Kier molecular flexibility index (Phi) is 8.12. The summed E-state index contributed by atoms with van der Waals surface area (Å²) in [6.45, 7) is 7.21. The second-order valence-corrected chi connectivity index (χ2v) is 5.31. The fourth-order valence-electron chi connectivity index (χ4n) is 1.65. The molecule has 0 aliphatic carbocycles. The Morgan fingerprint density at radius 3 is 2.26 bits per heavy atom. The third-order valence-corrected chi connectivity index (χ3v) is 3.14. The zero-order valence-electron chi connectivity index (χ0n) is 12.5. The van der Waals surface area contributed by atoms with E-state index in [1.807, 2.05) is 0 Å². The summed E-state index contributed by atoms with van der Waals surface area (Å²) in [4.78, 5) is 22.3. The molecule has 0 aliphatic rings. The summed E-state index contributed by atoms with van der Waals surface area (Å²) < 4.78 is 5.34. The largest absolute Gasteiger partial charge is 0.478 e.